The number of hydrogen-bond acceptors (Lipinski definition) is 6. The van der Waals surface area contributed by atoms with Crippen molar-refractivity contribution in [3.05, 3.63) is 58.1 Å². The molecule has 2 amide bonds. The maximum Gasteiger partial charge on any atom is 0.271 e. The van der Waals surface area contributed by atoms with Crippen molar-refractivity contribution >= 4 is 35.0 Å². The van der Waals surface area contributed by atoms with Crippen LogP contribution in [0.5, 0.6) is 5.75 Å². The molecule has 28 heavy (non-hydrogen) atoms. The van der Waals surface area contributed by atoms with Crippen LogP contribution >= 0.6 is 11.8 Å². The topological polar surface area (TPSA) is 93.0 Å². The summed E-state index contributed by atoms with van der Waals surface area (Å²) in [6.45, 7) is -0.0263. The van der Waals surface area contributed by atoms with Crippen LogP contribution in [0, 0.1) is 10.1 Å². The van der Waals surface area contributed by atoms with E-state index in [2.05, 4.69) is 0 Å². The molecule has 0 unspecified atom stereocenters. The Balaban J connectivity index is 1.74. The number of amides is 2. The van der Waals surface area contributed by atoms with Crippen LogP contribution in [-0.4, -0.2) is 48.1 Å². The number of rotatable bonds is 6. The van der Waals surface area contributed by atoms with E-state index in [0.717, 1.165) is 10.5 Å². The number of likely N-dealkylation sites (N-methyl/N-ethyl adjacent to an activating group) is 1. The van der Waals surface area contributed by atoms with Crippen LogP contribution in [0.3, 0.4) is 0 Å². The van der Waals surface area contributed by atoms with E-state index in [1.807, 2.05) is 30.5 Å². The van der Waals surface area contributed by atoms with Gasteiger partial charge in [0.25, 0.3) is 11.6 Å². The number of anilines is 1. The number of nitro groups is 1. The molecule has 9 heteroatoms. The fraction of sp³-hybridized carbons (Fsp3) is 0.263. The van der Waals surface area contributed by atoms with Gasteiger partial charge in [-0.05, 0) is 30.0 Å². The van der Waals surface area contributed by atoms with Gasteiger partial charge in [0.15, 0.2) is 6.61 Å². The Kier molecular flexibility index (Phi) is 5.84. The van der Waals surface area contributed by atoms with Crippen molar-refractivity contribution in [1.82, 2.24) is 4.90 Å². The summed E-state index contributed by atoms with van der Waals surface area (Å²) in [4.78, 5) is 39.3. The third kappa shape index (κ3) is 4.25. The number of nitro benzene ring substituents is 1. The molecule has 146 valence electrons. The van der Waals surface area contributed by atoms with Gasteiger partial charge in [-0.1, -0.05) is 12.1 Å². The molecule has 0 radical (unpaired) electrons. The van der Waals surface area contributed by atoms with Gasteiger partial charge in [0, 0.05) is 30.6 Å². The summed E-state index contributed by atoms with van der Waals surface area (Å²) in [6, 6.07) is 11.9. The summed E-state index contributed by atoms with van der Waals surface area (Å²) in [7, 11) is 1.66. The Hall–Kier alpha value is -3.07. The number of non-ortho nitro benzene ring substituents is 1. The normalized spacial score (nSPS) is 12.9. The summed E-state index contributed by atoms with van der Waals surface area (Å²) < 4.78 is 5.32. The average Bonchev–Trinajstić information content (AvgIpc) is 2.70. The van der Waals surface area contributed by atoms with E-state index < -0.39 is 10.8 Å². The zero-order valence-electron chi connectivity index (χ0n) is 15.5. The number of carbonyl (C=O) groups excluding carboxylic acids is 2. The molecule has 0 atom stereocenters. The molecule has 0 saturated heterocycles. The van der Waals surface area contributed by atoms with Crippen LogP contribution in [0.2, 0.25) is 0 Å². The Bertz CT molecular complexity index is 916. The van der Waals surface area contributed by atoms with Crippen molar-refractivity contribution in [2.24, 2.45) is 0 Å². The van der Waals surface area contributed by atoms with Gasteiger partial charge >= 0.3 is 0 Å². The summed E-state index contributed by atoms with van der Waals surface area (Å²) >= 11 is 1.64. The van der Waals surface area contributed by atoms with Crippen LogP contribution in [0.25, 0.3) is 0 Å². The fourth-order valence-corrected chi connectivity index (χ4v) is 3.23. The molecule has 1 aliphatic heterocycles. The first-order valence-corrected chi connectivity index (χ1v) is 9.70. The molecular formula is C19H19N3O5S. The summed E-state index contributed by atoms with van der Waals surface area (Å²) in [6.07, 6.45) is 1.99. The van der Waals surface area contributed by atoms with Gasteiger partial charge in [-0.15, -0.1) is 11.8 Å². The predicted octanol–water partition coefficient (Wildman–Crippen LogP) is 2.70. The van der Waals surface area contributed by atoms with E-state index in [9.17, 15) is 19.7 Å². The molecule has 1 heterocycles. The Morgan fingerprint density at radius 1 is 1.29 bits per heavy atom. The second-order valence-electron chi connectivity index (χ2n) is 6.28. The first-order valence-electron chi connectivity index (χ1n) is 8.47. The molecule has 1 aliphatic rings. The average molecular weight is 401 g/mol. The SMILES string of the molecule is CSc1ccc(CN(C)C(=O)CN2C(=O)COc3ccc([N+](=O)[O-])cc32)cc1. The highest BCUT2D eigenvalue weighted by molar-refractivity contribution is 7.98. The second-order valence-corrected chi connectivity index (χ2v) is 7.16. The van der Waals surface area contributed by atoms with Gasteiger partial charge in [0.05, 0.1) is 10.6 Å². The van der Waals surface area contributed by atoms with Gasteiger partial charge in [0.2, 0.25) is 5.91 Å². The lowest BCUT2D eigenvalue weighted by Gasteiger charge is -2.30. The lowest BCUT2D eigenvalue weighted by Crippen LogP contribution is -2.45. The molecule has 2 aromatic rings. The van der Waals surface area contributed by atoms with E-state index in [4.69, 9.17) is 4.74 Å². The minimum absolute atomic E-state index is 0.170. The predicted molar refractivity (Wildman–Crippen MR) is 106 cm³/mol. The van der Waals surface area contributed by atoms with E-state index >= 15 is 0 Å². The van der Waals surface area contributed by atoms with E-state index in [-0.39, 0.29) is 30.4 Å². The largest absolute Gasteiger partial charge is 0.482 e. The molecule has 8 nitrogen and oxygen atoms in total. The highest BCUT2D eigenvalue weighted by Crippen LogP contribution is 2.35. The summed E-state index contributed by atoms with van der Waals surface area (Å²) in [5.74, 6) is -0.353. The molecule has 0 saturated carbocycles. The number of benzene rings is 2. The van der Waals surface area contributed by atoms with E-state index in [1.165, 1.54) is 28.0 Å². The number of fused-ring (bicyclic) bond motifs is 1. The lowest BCUT2D eigenvalue weighted by molar-refractivity contribution is -0.384. The standard InChI is InChI=1S/C19H19N3O5S/c1-20(10-13-3-6-15(28-2)7-4-13)18(23)11-21-16-9-14(22(25)26)5-8-17(16)27-12-19(21)24/h3-9H,10-12H2,1-2H3. The first-order chi connectivity index (χ1) is 13.4. The minimum atomic E-state index is -0.552. The molecule has 2 aromatic carbocycles. The molecule has 3 rings (SSSR count). The molecular weight excluding hydrogens is 382 g/mol. The second kappa shape index (κ2) is 8.30. The Morgan fingerprint density at radius 2 is 2.00 bits per heavy atom. The lowest BCUT2D eigenvalue weighted by atomic mass is 10.2. The number of ether oxygens (including phenoxy) is 1. The first kappa shape index (κ1) is 19.7. The summed E-state index contributed by atoms with van der Waals surface area (Å²) in [5, 5.41) is 11.0. The number of thioether (sulfide) groups is 1. The smallest absolute Gasteiger partial charge is 0.271 e. The molecule has 0 N–H and O–H groups in total. The van der Waals surface area contributed by atoms with Gasteiger partial charge in [0.1, 0.15) is 12.3 Å². The van der Waals surface area contributed by atoms with Crippen LogP contribution in [-0.2, 0) is 16.1 Å². The fourth-order valence-electron chi connectivity index (χ4n) is 2.83. The molecule has 0 aliphatic carbocycles. The van der Waals surface area contributed by atoms with Crippen molar-refractivity contribution in [2.45, 2.75) is 11.4 Å². The summed E-state index contributed by atoms with van der Waals surface area (Å²) in [5.41, 5.74) is 1.03. The van der Waals surface area contributed by atoms with Crippen molar-refractivity contribution in [2.75, 3.05) is 31.4 Å². The van der Waals surface area contributed by atoms with Crippen molar-refractivity contribution in [1.29, 1.82) is 0 Å². The van der Waals surface area contributed by atoms with Crippen molar-refractivity contribution < 1.29 is 19.2 Å². The number of carbonyl (C=O) groups is 2. The maximum absolute atomic E-state index is 12.7. The third-order valence-corrected chi connectivity index (χ3v) is 5.14. The quantitative estimate of drug-likeness (QED) is 0.420. The van der Waals surface area contributed by atoms with E-state index in [0.29, 0.717) is 12.3 Å². The molecule has 0 bridgehead atoms. The van der Waals surface area contributed by atoms with Crippen LogP contribution in [0.4, 0.5) is 11.4 Å². The Labute approximate surface area is 166 Å². The van der Waals surface area contributed by atoms with Crippen LogP contribution in [0.15, 0.2) is 47.4 Å². The van der Waals surface area contributed by atoms with Gasteiger partial charge in [-0.25, -0.2) is 0 Å². The zero-order chi connectivity index (χ0) is 20.3. The Morgan fingerprint density at radius 3 is 2.64 bits per heavy atom. The van der Waals surface area contributed by atoms with E-state index in [1.54, 1.807) is 18.8 Å². The minimum Gasteiger partial charge on any atom is -0.482 e. The van der Waals surface area contributed by atoms with Crippen molar-refractivity contribution in [3.63, 3.8) is 0 Å². The molecule has 0 fully saturated rings. The van der Waals surface area contributed by atoms with Crippen molar-refractivity contribution in [3.8, 4) is 5.75 Å². The highest BCUT2D eigenvalue weighted by Gasteiger charge is 2.30. The molecule has 0 aromatic heterocycles. The number of hydrogen-bond donors (Lipinski definition) is 0. The van der Waals surface area contributed by atoms with Gasteiger partial charge in [-0.2, -0.15) is 0 Å². The van der Waals surface area contributed by atoms with Crippen LogP contribution < -0.4 is 9.64 Å². The van der Waals surface area contributed by atoms with Gasteiger partial charge in [-0.3, -0.25) is 24.6 Å². The maximum atomic E-state index is 12.7. The highest BCUT2D eigenvalue weighted by atomic mass is 32.2. The monoisotopic (exact) mass is 401 g/mol. The zero-order valence-corrected chi connectivity index (χ0v) is 16.3. The molecule has 0 spiro atoms. The third-order valence-electron chi connectivity index (χ3n) is 4.39. The number of nitrogens with zero attached hydrogens (tertiary/aromatic N) is 3. The van der Waals surface area contributed by atoms with Gasteiger partial charge < -0.3 is 9.64 Å². The van der Waals surface area contributed by atoms with Crippen LogP contribution in [0.1, 0.15) is 5.56 Å².